The van der Waals surface area contributed by atoms with E-state index in [9.17, 15) is 12.8 Å². The van der Waals surface area contributed by atoms with Crippen molar-refractivity contribution in [3.8, 4) is 0 Å². The lowest BCUT2D eigenvalue weighted by atomic mass is 10.2. The van der Waals surface area contributed by atoms with Gasteiger partial charge in [0.15, 0.2) is 9.84 Å². The number of benzene rings is 1. The Hall–Kier alpha value is -2.22. The van der Waals surface area contributed by atoms with Crippen molar-refractivity contribution < 1.29 is 12.8 Å². The molecule has 2 heterocycles. The van der Waals surface area contributed by atoms with Crippen LogP contribution in [0.25, 0.3) is 0 Å². The van der Waals surface area contributed by atoms with Gasteiger partial charge in [-0.3, -0.25) is 0 Å². The van der Waals surface area contributed by atoms with E-state index in [1.165, 1.54) is 18.5 Å². The van der Waals surface area contributed by atoms with Gasteiger partial charge in [-0.2, -0.15) is 0 Å². The summed E-state index contributed by atoms with van der Waals surface area (Å²) >= 11 is 0. The molecule has 1 N–H and O–H groups in total. The summed E-state index contributed by atoms with van der Waals surface area (Å²) in [5, 5.41) is 3.03. The molecule has 0 aliphatic carbocycles. The highest BCUT2D eigenvalue weighted by Gasteiger charge is 2.32. The molecule has 0 bridgehead atoms. The van der Waals surface area contributed by atoms with Crippen molar-refractivity contribution in [1.29, 1.82) is 0 Å². The lowest BCUT2D eigenvalue weighted by Gasteiger charge is -2.28. The van der Waals surface area contributed by atoms with E-state index in [2.05, 4.69) is 15.3 Å². The summed E-state index contributed by atoms with van der Waals surface area (Å²) in [4.78, 5) is 10.4. The average Bonchev–Trinajstić information content (AvgIpc) is 2.88. The molecule has 1 fully saturated rings. The minimum absolute atomic E-state index is 0.0723. The van der Waals surface area contributed by atoms with E-state index in [1.807, 2.05) is 11.8 Å². The Kier molecular flexibility index (Phi) is 4.66. The van der Waals surface area contributed by atoms with Crippen molar-refractivity contribution in [2.45, 2.75) is 19.4 Å². The molecule has 0 spiro atoms. The fraction of sp³-hybridized carbons (Fsp3) is 0.375. The number of anilines is 3. The molecule has 128 valence electrons. The summed E-state index contributed by atoms with van der Waals surface area (Å²) in [5.41, 5.74) is 0.589. The number of aromatic nitrogens is 2. The maximum atomic E-state index is 13.3. The van der Waals surface area contributed by atoms with E-state index in [-0.39, 0.29) is 23.4 Å². The maximum Gasteiger partial charge on any atom is 0.152 e. The predicted octanol–water partition coefficient (Wildman–Crippen LogP) is 2.37. The number of hydrogen-bond donors (Lipinski definition) is 1. The Labute approximate surface area is 140 Å². The van der Waals surface area contributed by atoms with Crippen molar-refractivity contribution >= 4 is 27.2 Å². The van der Waals surface area contributed by atoms with Gasteiger partial charge in [0, 0.05) is 24.3 Å². The first-order valence-corrected chi connectivity index (χ1v) is 9.60. The SMILES string of the molecule is CCN(c1cc(Nc2cccc(F)c2)ncn1)C1CCS(=O)(=O)C1. The summed E-state index contributed by atoms with van der Waals surface area (Å²) in [7, 11) is -2.96. The first-order chi connectivity index (χ1) is 11.5. The zero-order valence-corrected chi connectivity index (χ0v) is 14.1. The second-order valence-electron chi connectivity index (χ2n) is 5.74. The summed E-state index contributed by atoms with van der Waals surface area (Å²) in [6.07, 6.45) is 2.02. The smallest absolute Gasteiger partial charge is 0.152 e. The molecule has 1 aliphatic rings. The summed E-state index contributed by atoms with van der Waals surface area (Å²) in [6, 6.07) is 7.78. The van der Waals surface area contributed by atoms with Crippen LogP contribution in [0.15, 0.2) is 36.7 Å². The fourth-order valence-electron chi connectivity index (χ4n) is 2.92. The Bertz CT molecular complexity index is 828. The molecular weight excluding hydrogens is 331 g/mol. The highest BCUT2D eigenvalue weighted by Crippen LogP contribution is 2.25. The van der Waals surface area contributed by atoms with Crippen LogP contribution < -0.4 is 10.2 Å². The van der Waals surface area contributed by atoms with E-state index < -0.39 is 9.84 Å². The Balaban J connectivity index is 1.81. The van der Waals surface area contributed by atoms with Crippen molar-refractivity contribution in [2.75, 3.05) is 28.3 Å². The van der Waals surface area contributed by atoms with Crippen molar-refractivity contribution in [1.82, 2.24) is 9.97 Å². The number of rotatable bonds is 5. The molecule has 1 atom stereocenters. The Morgan fingerprint density at radius 2 is 2.17 bits per heavy atom. The van der Waals surface area contributed by atoms with Gasteiger partial charge in [-0.05, 0) is 31.5 Å². The van der Waals surface area contributed by atoms with E-state index in [0.29, 0.717) is 30.3 Å². The van der Waals surface area contributed by atoms with Crippen molar-refractivity contribution in [2.24, 2.45) is 0 Å². The highest BCUT2D eigenvalue weighted by molar-refractivity contribution is 7.91. The molecule has 1 unspecified atom stereocenters. The third kappa shape index (κ3) is 3.81. The standard InChI is InChI=1S/C16H19FN4O2S/c1-2-21(14-6-7-24(22,23)10-14)16-9-15(18-11-19-16)20-13-5-3-4-12(17)8-13/h3-5,8-9,11,14H,2,6-7,10H2,1H3,(H,18,19,20). The Morgan fingerprint density at radius 1 is 1.33 bits per heavy atom. The second-order valence-corrected chi connectivity index (χ2v) is 7.97. The molecule has 8 heteroatoms. The first-order valence-electron chi connectivity index (χ1n) is 7.78. The van der Waals surface area contributed by atoms with Crippen LogP contribution in [-0.4, -0.2) is 42.5 Å². The maximum absolute atomic E-state index is 13.3. The molecule has 6 nitrogen and oxygen atoms in total. The largest absolute Gasteiger partial charge is 0.353 e. The number of nitrogens with one attached hydrogen (secondary N) is 1. The van der Waals surface area contributed by atoms with Crippen LogP contribution in [0.2, 0.25) is 0 Å². The van der Waals surface area contributed by atoms with E-state index in [0.717, 1.165) is 0 Å². The van der Waals surface area contributed by atoms with Gasteiger partial charge in [0.2, 0.25) is 0 Å². The zero-order valence-electron chi connectivity index (χ0n) is 13.3. The molecule has 1 aromatic heterocycles. The van der Waals surface area contributed by atoms with Gasteiger partial charge in [0.1, 0.15) is 23.8 Å². The van der Waals surface area contributed by atoms with Crippen LogP contribution in [0.3, 0.4) is 0 Å². The minimum Gasteiger partial charge on any atom is -0.353 e. The molecule has 24 heavy (non-hydrogen) atoms. The predicted molar refractivity (Wildman–Crippen MR) is 91.8 cm³/mol. The van der Waals surface area contributed by atoms with Crippen LogP contribution >= 0.6 is 0 Å². The summed E-state index contributed by atoms with van der Waals surface area (Å²) < 4.78 is 36.7. The van der Waals surface area contributed by atoms with Crippen LogP contribution in [-0.2, 0) is 9.84 Å². The molecule has 0 saturated carbocycles. The number of sulfone groups is 1. The lowest BCUT2D eigenvalue weighted by Crippen LogP contribution is -2.36. The van der Waals surface area contributed by atoms with Gasteiger partial charge in [-0.1, -0.05) is 6.07 Å². The number of hydrogen-bond acceptors (Lipinski definition) is 6. The first kappa shape index (κ1) is 16.6. The van der Waals surface area contributed by atoms with Crippen LogP contribution in [0.4, 0.5) is 21.7 Å². The highest BCUT2D eigenvalue weighted by atomic mass is 32.2. The van der Waals surface area contributed by atoms with E-state index >= 15 is 0 Å². The van der Waals surface area contributed by atoms with Gasteiger partial charge >= 0.3 is 0 Å². The average molecular weight is 350 g/mol. The number of nitrogens with zero attached hydrogens (tertiary/aromatic N) is 3. The van der Waals surface area contributed by atoms with E-state index in [1.54, 1.807) is 18.2 Å². The monoisotopic (exact) mass is 350 g/mol. The molecule has 1 saturated heterocycles. The van der Waals surface area contributed by atoms with Crippen molar-refractivity contribution in [3.05, 3.63) is 42.5 Å². The van der Waals surface area contributed by atoms with Gasteiger partial charge in [-0.25, -0.2) is 22.8 Å². The zero-order chi connectivity index (χ0) is 17.2. The summed E-state index contributed by atoms with van der Waals surface area (Å²) in [6.45, 7) is 2.61. The minimum atomic E-state index is -2.96. The third-order valence-corrected chi connectivity index (χ3v) is 5.78. The molecule has 0 radical (unpaired) electrons. The quantitative estimate of drug-likeness (QED) is 0.892. The van der Waals surface area contributed by atoms with Crippen LogP contribution in [0, 0.1) is 5.82 Å². The third-order valence-electron chi connectivity index (χ3n) is 4.03. The van der Waals surface area contributed by atoms with Gasteiger partial charge in [0.05, 0.1) is 11.5 Å². The molecule has 2 aromatic rings. The molecule has 1 aromatic carbocycles. The molecule has 1 aliphatic heterocycles. The Morgan fingerprint density at radius 3 is 2.83 bits per heavy atom. The van der Waals surface area contributed by atoms with Crippen LogP contribution in [0.5, 0.6) is 0 Å². The fourth-order valence-corrected chi connectivity index (χ4v) is 4.65. The van der Waals surface area contributed by atoms with Crippen LogP contribution in [0.1, 0.15) is 13.3 Å². The van der Waals surface area contributed by atoms with E-state index in [4.69, 9.17) is 0 Å². The van der Waals surface area contributed by atoms with Gasteiger partial charge < -0.3 is 10.2 Å². The summed E-state index contributed by atoms with van der Waals surface area (Å²) in [5.74, 6) is 1.23. The molecular formula is C16H19FN4O2S. The van der Waals surface area contributed by atoms with Crippen molar-refractivity contribution in [3.63, 3.8) is 0 Å². The number of halogens is 1. The second kappa shape index (κ2) is 6.72. The van der Waals surface area contributed by atoms with Gasteiger partial charge in [-0.15, -0.1) is 0 Å². The molecule has 3 rings (SSSR count). The van der Waals surface area contributed by atoms with Gasteiger partial charge in [0.25, 0.3) is 0 Å². The topological polar surface area (TPSA) is 75.2 Å². The normalized spacial score (nSPS) is 19.2. The lowest BCUT2D eigenvalue weighted by molar-refractivity contribution is 0.599. The molecule has 0 amide bonds.